The highest BCUT2D eigenvalue weighted by Gasteiger charge is 2.54. The standard InChI is InChI=1S/C15H20N4OS/c20-12(16-13-17-18-14-19(13)1-2-21-14)15-6-9-3-10(7-15)5-11(4-9)8-15/h9-11H,1-8H2,(H,16,17,20). The van der Waals surface area contributed by atoms with E-state index in [-0.39, 0.29) is 11.3 Å². The molecular weight excluding hydrogens is 284 g/mol. The van der Waals surface area contributed by atoms with Gasteiger partial charge in [0.25, 0.3) is 0 Å². The minimum Gasteiger partial charge on any atom is -0.294 e. The van der Waals surface area contributed by atoms with Gasteiger partial charge in [-0.15, -0.1) is 10.2 Å². The van der Waals surface area contributed by atoms with Gasteiger partial charge in [0.2, 0.25) is 11.9 Å². The van der Waals surface area contributed by atoms with Crippen LogP contribution in [0.4, 0.5) is 5.95 Å². The van der Waals surface area contributed by atoms with Gasteiger partial charge in [-0.2, -0.15) is 0 Å². The summed E-state index contributed by atoms with van der Waals surface area (Å²) in [5.41, 5.74) is -0.104. The van der Waals surface area contributed by atoms with Crippen LogP contribution < -0.4 is 5.32 Å². The summed E-state index contributed by atoms with van der Waals surface area (Å²) >= 11 is 1.71. The van der Waals surface area contributed by atoms with E-state index in [1.807, 2.05) is 4.57 Å². The van der Waals surface area contributed by atoms with Crippen molar-refractivity contribution < 1.29 is 4.79 Å². The molecule has 21 heavy (non-hydrogen) atoms. The largest absolute Gasteiger partial charge is 0.294 e. The molecule has 0 unspecified atom stereocenters. The molecule has 0 saturated heterocycles. The summed E-state index contributed by atoms with van der Waals surface area (Å²) in [5, 5.41) is 12.4. The Balaban J connectivity index is 1.41. The van der Waals surface area contributed by atoms with Crippen LogP contribution in [0.1, 0.15) is 38.5 Å². The van der Waals surface area contributed by atoms with Crippen LogP contribution in [0.15, 0.2) is 5.16 Å². The fourth-order valence-corrected chi connectivity index (χ4v) is 6.43. The molecule has 4 aliphatic carbocycles. The zero-order valence-corrected chi connectivity index (χ0v) is 12.9. The highest BCUT2D eigenvalue weighted by atomic mass is 32.2. The predicted octanol–water partition coefficient (Wildman–Crippen LogP) is 2.54. The first-order chi connectivity index (χ1) is 10.2. The Morgan fingerprint density at radius 1 is 1.14 bits per heavy atom. The Morgan fingerprint density at radius 2 is 1.81 bits per heavy atom. The van der Waals surface area contributed by atoms with Crippen LogP contribution in [-0.4, -0.2) is 26.4 Å². The van der Waals surface area contributed by atoms with Gasteiger partial charge in [-0.05, 0) is 56.3 Å². The average molecular weight is 304 g/mol. The van der Waals surface area contributed by atoms with E-state index in [2.05, 4.69) is 15.5 Å². The molecule has 0 radical (unpaired) electrons. The lowest BCUT2D eigenvalue weighted by Crippen LogP contribution is -2.52. The third-order valence-electron chi connectivity index (χ3n) is 6.01. The minimum absolute atomic E-state index is 0.104. The third kappa shape index (κ3) is 1.81. The molecule has 5 nitrogen and oxygen atoms in total. The topological polar surface area (TPSA) is 59.8 Å². The van der Waals surface area contributed by atoms with E-state index >= 15 is 0 Å². The Bertz CT molecular complexity index is 576. The molecule has 4 saturated carbocycles. The first-order valence-corrected chi connectivity index (χ1v) is 9.08. The number of hydrogen-bond donors (Lipinski definition) is 1. The van der Waals surface area contributed by atoms with Crippen molar-refractivity contribution in [2.45, 2.75) is 50.2 Å². The SMILES string of the molecule is O=C(Nc1nnc2n1CCS2)C12CC3CC(CC(C3)C1)C2. The maximum Gasteiger partial charge on any atom is 0.232 e. The first-order valence-electron chi connectivity index (χ1n) is 8.09. The average Bonchev–Trinajstić information content (AvgIpc) is 3.02. The van der Waals surface area contributed by atoms with Crippen LogP contribution in [0.5, 0.6) is 0 Å². The summed E-state index contributed by atoms with van der Waals surface area (Å²) in [4.78, 5) is 13.0. The van der Waals surface area contributed by atoms with Crippen molar-refractivity contribution in [3.05, 3.63) is 0 Å². The van der Waals surface area contributed by atoms with Crippen molar-refractivity contribution in [2.24, 2.45) is 23.2 Å². The van der Waals surface area contributed by atoms with E-state index in [0.29, 0.717) is 5.95 Å². The number of amides is 1. The molecule has 1 aliphatic heterocycles. The summed E-state index contributed by atoms with van der Waals surface area (Å²) in [6, 6.07) is 0. The Morgan fingerprint density at radius 3 is 2.48 bits per heavy atom. The second-order valence-electron chi connectivity index (χ2n) is 7.46. The maximum absolute atomic E-state index is 13.0. The van der Waals surface area contributed by atoms with E-state index in [4.69, 9.17) is 0 Å². The number of carbonyl (C=O) groups is 1. The molecular formula is C15H20N4OS. The fraction of sp³-hybridized carbons (Fsp3) is 0.800. The lowest BCUT2D eigenvalue weighted by atomic mass is 9.49. The quantitative estimate of drug-likeness (QED) is 0.912. The van der Waals surface area contributed by atoms with Crippen LogP contribution in [0.2, 0.25) is 0 Å². The van der Waals surface area contributed by atoms with Crippen LogP contribution in [-0.2, 0) is 11.3 Å². The monoisotopic (exact) mass is 304 g/mol. The molecule has 0 spiro atoms. The molecule has 1 N–H and O–H groups in total. The van der Waals surface area contributed by atoms with Crippen molar-refractivity contribution in [1.29, 1.82) is 0 Å². The van der Waals surface area contributed by atoms with Gasteiger partial charge in [0, 0.05) is 12.3 Å². The third-order valence-corrected chi connectivity index (χ3v) is 6.96. The molecule has 5 aliphatic rings. The van der Waals surface area contributed by atoms with Crippen LogP contribution in [0.3, 0.4) is 0 Å². The van der Waals surface area contributed by atoms with Gasteiger partial charge in [-0.25, -0.2) is 0 Å². The van der Waals surface area contributed by atoms with Crippen LogP contribution >= 0.6 is 11.8 Å². The molecule has 6 rings (SSSR count). The van der Waals surface area contributed by atoms with E-state index in [0.717, 1.165) is 54.5 Å². The van der Waals surface area contributed by atoms with Gasteiger partial charge in [0.15, 0.2) is 5.16 Å². The Labute approximate surface area is 128 Å². The lowest BCUT2D eigenvalue weighted by molar-refractivity contribution is -0.140. The second-order valence-corrected chi connectivity index (χ2v) is 8.52. The zero-order chi connectivity index (χ0) is 14.0. The Kier molecular flexibility index (Phi) is 2.53. The number of nitrogens with zero attached hydrogens (tertiary/aromatic N) is 3. The molecule has 1 aromatic rings. The summed E-state index contributed by atoms with van der Waals surface area (Å²) in [6.45, 7) is 0.906. The summed E-state index contributed by atoms with van der Waals surface area (Å²) in [6.07, 6.45) is 7.39. The number of aromatic nitrogens is 3. The maximum atomic E-state index is 13.0. The number of nitrogens with one attached hydrogen (secondary N) is 1. The molecule has 112 valence electrons. The second kappa shape index (κ2) is 4.24. The summed E-state index contributed by atoms with van der Waals surface area (Å²) in [7, 11) is 0. The number of fused-ring (bicyclic) bond motifs is 1. The number of thioether (sulfide) groups is 1. The molecule has 1 amide bonds. The molecule has 1 aromatic heterocycles. The van der Waals surface area contributed by atoms with Crippen LogP contribution in [0.25, 0.3) is 0 Å². The van der Waals surface area contributed by atoms with Crippen molar-refractivity contribution in [1.82, 2.24) is 14.8 Å². The van der Waals surface area contributed by atoms with Crippen molar-refractivity contribution in [2.75, 3.05) is 11.1 Å². The summed E-state index contributed by atoms with van der Waals surface area (Å²) in [5.74, 6) is 4.29. The van der Waals surface area contributed by atoms with Gasteiger partial charge in [-0.3, -0.25) is 14.7 Å². The van der Waals surface area contributed by atoms with Gasteiger partial charge in [0.1, 0.15) is 0 Å². The molecule has 0 aromatic carbocycles. The number of carbonyl (C=O) groups excluding carboxylic acids is 1. The molecule has 6 heteroatoms. The smallest absolute Gasteiger partial charge is 0.232 e. The lowest BCUT2D eigenvalue weighted by Gasteiger charge is -2.55. The first kappa shape index (κ1) is 12.5. The van der Waals surface area contributed by atoms with E-state index in [1.54, 1.807) is 11.8 Å². The molecule has 0 atom stereocenters. The number of rotatable bonds is 2. The highest BCUT2D eigenvalue weighted by Crippen LogP contribution is 2.60. The summed E-state index contributed by atoms with van der Waals surface area (Å²) < 4.78 is 2.04. The Hall–Kier alpha value is -1.04. The van der Waals surface area contributed by atoms with Crippen LogP contribution in [0, 0.1) is 23.2 Å². The van der Waals surface area contributed by atoms with Crippen molar-refractivity contribution in [3.8, 4) is 0 Å². The van der Waals surface area contributed by atoms with Gasteiger partial charge < -0.3 is 0 Å². The number of anilines is 1. The fourth-order valence-electron chi connectivity index (χ4n) is 5.54. The zero-order valence-electron chi connectivity index (χ0n) is 12.0. The predicted molar refractivity (Wildman–Crippen MR) is 80.0 cm³/mol. The highest BCUT2D eigenvalue weighted by molar-refractivity contribution is 7.99. The van der Waals surface area contributed by atoms with Gasteiger partial charge in [-0.1, -0.05) is 11.8 Å². The molecule has 4 fully saturated rings. The van der Waals surface area contributed by atoms with E-state index < -0.39 is 0 Å². The normalized spacial score (nSPS) is 39.5. The minimum atomic E-state index is -0.104. The van der Waals surface area contributed by atoms with Crippen molar-refractivity contribution in [3.63, 3.8) is 0 Å². The van der Waals surface area contributed by atoms with E-state index in [1.165, 1.54) is 19.3 Å². The van der Waals surface area contributed by atoms with E-state index in [9.17, 15) is 4.79 Å². The van der Waals surface area contributed by atoms with Gasteiger partial charge >= 0.3 is 0 Å². The molecule has 2 heterocycles. The van der Waals surface area contributed by atoms with Crippen molar-refractivity contribution >= 4 is 23.6 Å². The number of hydrogen-bond acceptors (Lipinski definition) is 4. The van der Waals surface area contributed by atoms with Gasteiger partial charge in [0.05, 0.1) is 5.41 Å². The molecule has 4 bridgehead atoms.